The van der Waals surface area contributed by atoms with Gasteiger partial charge in [-0.25, -0.2) is 0 Å². The van der Waals surface area contributed by atoms with Crippen molar-refractivity contribution >= 4 is 17.3 Å². The van der Waals surface area contributed by atoms with Crippen LogP contribution < -0.4 is 14.7 Å². The van der Waals surface area contributed by atoms with Crippen LogP contribution in [0.15, 0.2) is 36.7 Å². The summed E-state index contributed by atoms with van der Waals surface area (Å²) in [6, 6.07) is 8.40. The highest BCUT2D eigenvalue weighted by Crippen LogP contribution is 2.21. The minimum absolute atomic E-state index is 0.972. The highest BCUT2D eigenvalue weighted by molar-refractivity contribution is 5.49. The number of pyridine rings is 1. The molecule has 2 aliphatic rings. The van der Waals surface area contributed by atoms with Crippen LogP contribution >= 0.6 is 0 Å². The second kappa shape index (κ2) is 7.03. The van der Waals surface area contributed by atoms with Gasteiger partial charge in [-0.05, 0) is 43.5 Å². The second-order valence-corrected chi connectivity index (χ2v) is 6.48. The number of piperidine rings is 1. The molecule has 6 heteroatoms. The Hall–Kier alpha value is -2.37. The predicted octanol–water partition coefficient (Wildman–Crippen LogP) is 2.19. The van der Waals surface area contributed by atoms with Crippen LogP contribution in [0.2, 0.25) is 0 Å². The van der Waals surface area contributed by atoms with E-state index in [2.05, 4.69) is 54.1 Å². The summed E-state index contributed by atoms with van der Waals surface area (Å²) in [6.07, 6.45) is 7.57. The van der Waals surface area contributed by atoms with Gasteiger partial charge < -0.3 is 14.7 Å². The standard InChI is InChI=1S/C18H24N6/c1-2-10-23(11-3-1)17-4-5-18(21-20-17)24-14-12-22(13-15-24)16-6-8-19-9-7-16/h4-9H,1-3,10-15H2. The fourth-order valence-electron chi connectivity index (χ4n) is 3.53. The third kappa shape index (κ3) is 3.27. The molecule has 2 aromatic heterocycles. The average molecular weight is 324 g/mol. The lowest BCUT2D eigenvalue weighted by atomic mass is 10.1. The van der Waals surface area contributed by atoms with Crippen molar-refractivity contribution in [3.05, 3.63) is 36.7 Å². The number of aromatic nitrogens is 3. The van der Waals surface area contributed by atoms with Crippen molar-refractivity contribution in [3.8, 4) is 0 Å². The Kier molecular flexibility index (Phi) is 4.44. The first-order valence-corrected chi connectivity index (χ1v) is 8.89. The third-order valence-electron chi connectivity index (χ3n) is 4.95. The van der Waals surface area contributed by atoms with Gasteiger partial charge in [0.05, 0.1) is 0 Å². The molecular formula is C18H24N6. The van der Waals surface area contributed by atoms with Gasteiger partial charge in [-0.2, -0.15) is 0 Å². The molecule has 0 spiro atoms. The number of nitrogens with zero attached hydrogens (tertiary/aromatic N) is 6. The fraction of sp³-hybridized carbons (Fsp3) is 0.500. The maximum atomic E-state index is 4.48. The van der Waals surface area contributed by atoms with Crippen molar-refractivity contribution in [2.75, 3.05) is 54.0 Å². The van der Waals surface area contributed by atoms with E-state index in [0.29, 0.717) is 0 Å². The quantitative estimate of drug-likeness (QED) is 0.862. The Labute approximate surface area is 143 Å². The minimum atomic E-state index is 0.972. The van der Waals surface area contributed by atoms with E-state index in [1.807, 2.05) is 12.4 Å². The molecule has 4 rings (SSSR count). The number of anilines is 3. The summed E-state index contributed by atoms with van der Waals surface area (Å²) in [4.78, 5) is 11.2. The molecule has 2 saturated heterocycles. The Balaban J connectivity index is 1.37. The zero-order valence-electron chi connectivity index (χ0n) is 14.0. The molecule has 2 aromatic rings. The van der Waals surface area contributed by atoms with E-state index >= 15 is 0 Å². The molecular weight excluding hydrogens is 300 g/mol. The fourth-order valence-corrected chi connectivity index (χ4v) is 3.53. The molecule has 6 nitrogen and oxygen atoms in total. The van der Waals surface area contributed by atoms with Gasteiger partial charge >= 0.3 is 0 Å². The molecule has 0 bridgehead atoms. The van der Waals surface area contributed by atoms with Gasteiger partial charge in [0.1, 0.15) is 0 Å². The zero-order valence-corrected chi connectivity index (χ0v) is 14.0. The maximum absolute atomic E-state index is 4.48. The van der Waals surface area contributed by atoms with E-state index in [1.165, 1.54) is 24.9 Å². The van der Waals surface area contributed by atoms with Gasteiger partial charge in [0.25, 0.3) is 0 Å². The molecule has 0 N–H and O–H groups in total. The van der Waals surface area contributed by atoms with Gasteiger partial charge in [0.2, 0.25) is 0 Å². The lowest BCUT2D eigenvalue weighted by Crippen LogP contribution is -2.47. The van der Waals surface area contributed by atoms with E-state index in [-0.39, 0.29) is 0 Å². The van der Waals surface area contributed by atoms with Crippen LogP contribution in [0.25, 0.3) is 0 Å². The summed E-state index contributed by atoms with van der Waals surface area (Å²) in [7, 11) is 0. The smallest absolute Gasteiger partial charge is 0.151 e. The zero-order chi connectivity index (χ0) is 16.2. The van der Waals surface area contributed by atoms with Gasteiger partial charge in [-0.15, -0.1) is 10.2 Å². The first kappa shape index (κ1) is 15.2. The van der Waals surface area contributed by atoms with Gasteiger partial charge in [-0.1, -0.05) is 0 Å². The molecule has 126 valence electrons. The topological polar surface area (TPSA) is 48.4 Å². The molecule has 2 aliphatic heterocycles. The summed E-state index contributed by atoms with van der Waals surface area (Å²) in [5, 5.41) is 8.95. The van der Waals surface area contributed by atoms with Crippen LogP contribution in [0, 0.1) is 0 Å². The first-order valence-electron chi connectivity index (χ1n) is 8.89. The van der Waals surface area contributed by atoms with Crippen molar-refractivity contribution in [1.82, 2.24) is 15.2 Å². The molecule has 0 atom stereocenters. The van der Waals surface area contributed by atoms with Crippen LogP contribution in [0.5, 0.6) is 0 Å². The summed E-state index contributed by atoms with van der Waals surface area (Å²) < 4.78 is 0. The maximum Gasteiger partial charge on any atom is 0.151 e. The van der Waals surface area contributed by atoms with E-state index in [9.17, 15) is 0 Å². The molecule has 0 saturated carbocycles. The molecule has 0 aliphatic carbocycles. The normalized spacial score (nSPS) is 18.8. The molecule has 0 radical (unpaired) electrons. The predicted molar refractivity (Wildman–Crippen MR) is 96.8 cm³/mol. The summed E-state index contributed by atoms with van der Waals surface area (Å²) >= 11 is 0. The van der Waals surface area contributed by atoms with Crippen molar-refractivity contribution in [2.45, 2.75) is 19.3 Å². The lowest BCUT2D eigenvalue weighted by Gasteiger charge is -2.36. The van der Waals surface area contributed by atoms with Crippen molar-refractivity contribution < 1.29 is 0 Å². The lowest BCUT2D eigenvalue weighted by molar-refractivity contribution is 0.570. The number of piperazine rings is 1. The molecule has 2 fully saturated rings. The largest absolute Gasteiger partial charge is 0.368 e. The highest BCUT2D eigenvalue weighted by Gasteiger charge is 2.19. The summed E-state index contributed by atoms with van der Waals surface area (Å²) in [5.41, 5.74) is 1.25. The molecule has 0 aromatic carbocycles. The van der Waals surface area contributed by atoms with Crippen LogP contribution in [-0.2, 0) is 0 Å². The van der Waals surface area contributed by atoms with Crippen molar-refractivity contribution in [3.63, 3.8) is 0 Å². The van der Waals surface area contributed by atoms with Gasteiger partial charge in [0, 0.05) is 57.3 Å². The molecule has 0 unspecified atom stereocenters. The number of hydrogen-bond acceptors (Lipinski definition) is 6. The molecule has 4 heterocycles. The van der Waals surface area contributed by atoms with E-state index in [4.69, 9.17) is 0 Å². The Bertz CT molecular complexity index is 630. The SMILES string of the molecule is c1cc(N2CCN(c3ccc(N4CCCCC4)nn3)CC2)ccn1. The van der Waals surface area contributed by atoms with Crippen LogP contribution in [0.1, 0.15) is 19.3 Å². The van der Waals surface area contributed by atoms with Crippen molar-refractivity contribution in [2.24, 2.45) is 0 Å². The second-order valence-electron chi connectivity index (χ2n) is 6.48. The van der Waals surface area contributed by atoms with Gasteiger partial charge in [0.15, 0.2) is 11.6 Å². The van der Waals surface area contributed by atoms with Crippen LogP contribution in [0.3, 0.4) is 0 Å². The average Bonchev–Trinajstić information content (AvgIpc) is 2.70. The first-order chi connectivity index (χ1) is 11.9. The third-order valence-corrected chi connectivity index (χ3v) is 4.95. The summed E-state index contributed by atoms with van der Waals surface area (Å²) in [6.45, 7) is 6.16. The molecule has 24 heavy (non-hydrogen) atoms. The number of hydrogen-bond donors (Lipinski definition) is 0. The highest BCUT2D eigenvalue weighted by atomic mass is 15.3. The van der Waals surface area contributed by atoms with E-state index in [1.54, 1.807) is 0 Å². The Morgan fingerprint density at radius 2 is 1.12 bits per heavy atom. The summed E-state index contributed by atoms with van der Waals surface area (Å²) in [5.74, 6) is 2.01. The van der Waals surface area contributed by atoms with Gasteiger partial charge in [-0.3, -0.25) is 4.98 Å². The van der Waals surface area contributed by atoms with Crippen LogP contribution in [0.4, 0.5) is 17.3 Å². The monoisotopic (exact) mass is 324 g/mol. The van der Waals surface area contributed by atoms with Crippen LogP contribution in [-0.4, -0.2) is 54.4 Å². The van der Waals surface area contributed by atoms with Crippen molar-refractivity contribution in [1.29, 1.82) is 0 Å². The number of rotatable bonds is 3. The molecule has 0 amide bonds. The Morgan fingerprint density at radius 1 is 0.583 bits per heavy atom. The minimum Gasteiger partial charge on any atom is -0.368 e. The van der Waals surface area contributed by atoms with E-state index < -0.39 is 0 Å². The van der Waals surface area contributed by atoms with E-state index in [0.717, 1.165) is 50.9 Å². The Morgan fingerprint density at radius 3 is 1.71 bits per heavy atom.